The van der Waals surface area contributed by atoms with Crippen LogP contribution in [0.5, 0.6) is 11.5 Å². The molecule has 1 aromatic carbocycles. The molecule has 0 spiro atoms. The molecule has 7 nitrogen and oxygen atoms in total. The summed E-state index contributed by atoms with van der Waals surface area (Å²) in [5.41, 5.74) is 0.416. The average molecular weight is 342 g/mol. The van der Waals surface area contributed by atoms with Gasteiger partial charge in [-0.15, -0.1) is 0 Å². The summed E-state index contributed by atoms with van der Waals surface area (Å²) >= 11 is 0. The first-order chi connectivity index (χ1) is 10.9. The SMILES string of the molecule is COc1ccc(OC)c(C(=O)N2CCCN(S(C)(=O)=O)CC2)c1. The second-order valence-corrected chi connectivity index (χ2v) is 7.36. The molecule has 23 heavy (non-hydrogen) atoms. The van der Waals surface area contributed by atoms with Gasteiger partial charge in [-0.3, -0.25) is 4.79 Å². The molecule has 0 bridgehead atoms. The Labute approximate surface area is 136 Å². The van der Waals surface area contributed by atoms with Crippen molar-refractivity contribution in [1.29, 1.82) is 0 Å². The molecule has 8 heteroatoms. The lowest BCUT2D eigenvalue weighted by Gasteiger charge is -2.22. The Morgan fingerprint density at radius 1 is 1.09 bits per heavy atom. The summed E-state index contributed by atoms with van der Waals surface area (Å²) in [6, 6.07) is 5.05. The third-order valence-corrected chi connectivity index (χ3v) is 5.15. The zero-order valence-electron chi connectivity index (χ0n) is 13.6. The maximum Gasteiger partial charge on any atom is 0.257 e. The summed E-state index contributed by atoms with van der Waals surface area (Å²) in [5, 5.41) is 0. The van der Waals surface area contributed by atoms with Crippen molar-refractivity contribution in [1.82, 2.24) is 9.21 Å². The van der Waals surface area contributed by atoms with Crippen LogP contribution in [-0.4, -0.2) is 70.2 Å². The second-order valence-electron chi connectivity index (χ2n) is 5.37. The van der Waals surface area contributed by atoms with Crippen LogP contribution < -0.4 is 9.47 Å². The Kier molecular flexibility index (Phi) is 5.48. The molecule has 1 amide bonds. The number of hydrogen-bond donors (Lipinski definition) is 0. The standard InChI is InChI=1S/C15H22N2O5S/c1-21-12-5-6-14(22-2)13(11-12)15(18)16-7-4-8-17(10-9-16)23(3,19)20/h5-6,11H,4,7-10H2,1-3H3. The van der Waals surface area contributed by atoms with Gasteiger partial charge >= 0.3 is 0 Å². The number of methoxy groups -OCH3 is 2. The normalized spacial score (nSPS) is 16.7. The van der Waals surface area contributed by atoms with Crippen LogP contribution in [0.3, 0.4) is 0 Å². The molecule has 0 atom stereocenters. The number of benzene rings is 1. The molecule has 1 fully saturated rings. The van der Waals surface area contributed by atoms with Crippen molar-refractivity contribution in [3.63, 3.8) is 0 Å². The van der Waals surface area contributed by atoms with Crippen LogP contribution in [0.4, 0.5) is 0 Å². The maximum atomic E-state index is 12.8. The molecule has 2 rings (SSSR count). The molecular weight excluding hydrogens is 320 g/mol. The van der Waals surface area contributed by atoms with E-state index in [0.717, 1.165) is 0 Å². The smallest absolute Gasteiger partial charge is 0.257 e. The van der Waals surface area contributed by atoms with Gasteiger partial charge in [0, 0.05) is 26.2 Å². The van der Waals surface area contributed by atoms with Crippen molar-refractivity contribution in [2.75, 3.05) is 46.7 Å². The van der Waals surface area contributed by atoms with E-state index in [0.29, 0.717) is 49.7 Å². The second kappa shape index (κ2) is 7.18. The Morgan fingerprint density at radius 3 is 2.43 bits per heavy atom. The van der Waals surface area contributed by atoms with E-state index in [-0.39, 0.29) is 5.91 Å². The summed E-state index contributed by atoms with van der Waals surface area (Å²) in [6.07, 6.45) is 1.79. The number of rotatable bonds is 4. The number of carbonyl (C=O) groups excluding carboxylic acids is 1. The van der Waals surface area contributed by atoms with E-state index in [9.17, 15) is 13.2 Å². The van der Waals surface area contributed by atoms with Crippen LogP contribution in [0.15, 0.2) is 18.2 Å². The molecule has 0 saturated carbocycles. The summed E-state index contributed by atoms with van der Waals surface area (Å²) < 4.78 is 35.1. The topological polar surface area (TPSA) is 76.2 Å². The third-order valence-electron chi connectivity index (χ3n) is 3.85. The Morgan fingerprint density at radius 2 is 1.83 bits per heavy atom. The van der Waals surface area contributed by atoms with Gasteiger partial charge in [0.25, 0.3) is 5.91 Å². The first-order valence-corrected chi connectivity index (χ1v) is 9.18. The predicted molar refractivity (Wildman–Crippen MR) is 86.5 cm³/mol. The number of carbonyl (C=O) groups is 1. The van der Waals surface area contributed by atoms with Crippen LogP contribution in [0, 0.1) is 0 Å². The van der Waals surface area contributed by atoms with Crippen LogP contribution in [0.25, 0.3) is 0 Å². The molecule has 1 saturated heterocycles. The minimum atomic E-state index is -3.24. The molecule has 128 valence electrons. The van der Waals surface area contributed by atoms with Gasteiger partial charge < -0.3 is 14.4 Å². The summed E-state index contributed by atoms with van der Waals surface area (Å²) in [5.74, 6) is 0.859. The molecule has 0 aromatic heterocycles. The maximum absolute atomic E-state index is 12.8. The van der Waals surface area contributed by atoms with Gasteiger partial charge in [0.05, 0.1) is 26.0 Å². The van der Waals surface area contributed by atoms with Gasteiger partial charge in [0.15, 0.2) is 0 Å². The predicted octanol–water partition coefficient (Wildman–Crippen LogP) is 0.811. The van der Waals surface area contributed by atoms with Crippen LogP contribution >= 0.6 is 0 Å². The quantitative estimate of drug-likeness (QED) is 0.809. The van der Waals surface area contributed by atoms with Crippen molar-refractivity contribution in [2.45, 2.75) is 6.42 Å². The third kappa shape index (κ3) is 4.14. The Bertz CT molecular complexity index is 674. The van der Waals surface area contributed by atoms with E-state index in [1.165, 1.54) is 24.8 Å². The highest BCUT2D eigenvalue weighted by molar-refractivity contribution is 7.88. The minimum absolute atomic E-state index is 0.184. The fourth-order valence-electron chi connectivity index (χ4n) is 2.58. The monoisotopic (exact) mass is 342 g/mol. The Hall–Kier alpha value is -1.80. The van der Waals surface area contributed by atoms with E-state index >= 15 is 0 Å². The zero-order chi connectivity index (χ0) is 17.0. The molecule has 0 N–H and O–H groups in total. The van der Waals surface area contributed by atoms with Crippen LogP contribution in [-0.2, 0) is 10.0 Å². The molecule has 1 heterocycles. The molecule has 1 aliphatic rings. The number of amides is 1. The molecule has 0 unspecified atom stereocenters. The van der Waals surface area contributed by atoms with E-state index < -0.39 is 10.0 Å². The summed E-state index contributed by atoms with van der Waals surface area (Å²) in [4.78, 5) is 14.4. The highest BCUT2D eigenvalue weighted by Crippen LogP contribution is 2.25. The van der Waals surface area contributed by atoms with Gasteiger partial charge in [0.2, 0.25) is 10.0 Å². The largest absolute Gasteiger partial charge is 0.497 e. The fourth-order valence-corrected chi connectivity index (χ4v) is 3.45. The van der Waals surface area contributed by atoms with Crippen LogP contribution in [0.2, 0.25) is 0 Å². The van der Waals surface area contributed by atoms with Gasteiger partial charge in [-0.25, -0.2) is 12.7 Å². The summed E-state index contributed by atoms with van der Waals surface area (Å²) in [6.45, 7) is 1.59. The van der Waals surface area contributed by atoms with Gasteiger partial charge in [-0.2, -0.15) is 0 Å². The first kappa shape index (κ1) is 17.6. The van der Waals surface area contributed by atoms with E-state index in [2.05, 4.69) is 0 Å². The number of sulfonamides is 1. The lowest BCUT2D eigenvalue weighted by atomic mass is 10.1. The fraction of sp³-hybridized carbons (Fsp3) is 0.533. The average Bonchev–Trinajstić information content (AvgIpc) is 2.79. The van der Waals surface area contributed by atoms with Crippen molar-refractivity contribution in [3.8, 4) is 11.5 Å². The highest BCUT2D eigenvalue weighted by atomic mass is 32.2. The van der Waals surface area contributed by atoms with Crippen molar-refractivity contribution < 1.29 is 22.7 Å². The van der Waals surface area contributed by atoms with Gasteiger partial charge in [-0.05, 0) is 24.6 Å². The number of nitrogens with zero attached hydrogens (tertiary/aromatic N) is 2. The molecule has 0 aliphatic carbocycles. The van der Waals surface area contributed by atoms with E-state index in [1.807, 2.05) is 0 Å². The zero-order valence-corrected chi connectivity index (χ0v) is 14.4. The summed E-state index contributed by atoms with van der Waals surface area (Å²) in [7, 11) is -0.196. The molecular formula is C15H22N2O5S. The Balaban J connectivity index is 2.20. The lowest BCUT2D eigenvalue weighted by Crippen LogP contribution is -2.37. The number of hydrogen-bond acceptors (Lipinski definition) is 5. The first-order valence-electron chi connectivity index (χ1n) is 7.33. The van der Waals surface area contributed by atoms with Gasteiger partial charge in [0.1, 0.15) is 11.5 Å². The highest BCUT2D eigenvalue weighted by Gasteiger charge is 2.26. The van der Waals surface area contributed by atoms with E-state index in [1.54, 1.807) is 23.1 Å². The minimum Gasteiger partial charge on any atom is -0.497 e. The number of ether oxygens (including phenoxy) is 2. The molecule has 0 radical (unpaired) electrons. The lowest BCUT2D eigenvalue weighted by molar-refractivity contribution is 0.0760. The van der Waals surface area contributed by atoms with Crippen molar-refractivity contribution >= 4 is 15.9 Å². The molecule has 1 aromatic rings. The van der Waals surface area contributed by atoms with Crippen molar-refractivity contribution in [2.24, 2.45) is 0 Å². The van der Waals surface area contributed by atoms with E-state index in [4.69, 9.17) is 9.47 Å². The van der Waals surface area contributed by atoms with Crippen molar-refractivity contribution in [3.05, 3.63) is 23.8 Å². The van der Waals surface area contributed by atoms with Crippen LogP contribution in [0.1, 0.15) is 16.8 Å². The van der Waals surface area contributed by atoms with Gasteiger partial charge in [-0.1, -0.05) is 0 Å². The molecule has 1 aliphatic heterocycles.